The Morgan fingerprint density at radius 2 is 1.73 bits per heavy atom. The van der Waals surface area contributed by atoms with Crippen LogP contribution in [0.25, 0.3) is 0 Å². The highest BCUT2D eigenvalue weighted by atomic mass is 79.9. The van der Waals surface area contributed by atoms with Crippen LogP contribution in [-0.2, 0) is 15.3 Å². The van der Waals surface area contributed by atoms with Gasteiger partial charge in [-0.1, -0.05) is 68.9 Å². The third-order valence-corrected chi connectivity index (χ3v) is 5.10. The molecule has 6 heteroatoms. The molecule has 0 N–H and O–H groups in total. The third kappa shape index (κ3) is 3.16. The van der Waals surface area contributed by atoms with E-state index < -0.39 is 5.79 Å². The topological polar surface area (TPSA) is 18.5 Å². The molecular formula is C16H12BrCl3O2. The molecule has 1 heterocycles. The molecule has 116 valence electrons. The fourth-order valence-electron chi connectivity index (χ4n) is 2.43. The molecule has 1 fully saturated rings. The number of hydrogen-bond acceptors (Lipinski definition) is 2. The lowest BCUT2D eigenvalue weighted by Gasteiger charge is -2.27. The predicted octanol–water partition coefficient (Wildman–Crippen LogP) is 5.98. The normalized spacial score (nSPS) is 24.6. The first kappa shape index (κ1) is 16.6. The molecule has 22 heavy (non-hydrogen) atoms. The van der Waals surface area contributed by atoms with E-state index in [-0.39, 0.29) is 6.10 Å². The first-order valence-corrected chi connectivity index (χ1v) is 8.88. The average molecular weight is 423 g/mol. The van der Waals surface area contributed by atoms with Crippen LogP contribution in [0.15, 0.2) is 42.5 Å². The second-order valence-electron chi connectivity index (χ2n) is 4.98. The van der Waals surface area contributed by atoms with Gasteiger partial charge in [-0.25, -0.2) is 0 Å². The lowest BCUT2D eigenvalue weighted by atomic mass is 10.1. The van der Waals surface area contributed by atoms with Crippen molar-refractivity contribution < 1.29 is 9.47 Å². The third-order valence-electron chi connectivity index (χ3n) is 3.56. The molecule has 2 aromatic carbocycles. The largest absolute Gasteiger partial charge is 0.342 e. The van der Waals surface area contributed by atoms with E-state index in [4.69, 9.17) is 44.3 Å². The summed E-state index contributed by atoms with van der Waals surface area (Å²) >= 11 is 21.7. The first-order chi connectivity index (χ1) is 10.5. The summed E-state index contributed by atoms with van der Waals surface area (Å²) in [5, 5.41) is 2.25. The SMILES string of the molecule is Clc1ccc([C@@H]2CO[C@](CBr)(c3ccc(Cl)cc3Cl)O2)cc1. The van der Waals surface area contributed by atoms with E-state index in [1.807, 2.05) is 30.3 Å². The quantitative estimate of drug-likeness (QED) is 0.566. The molecule has 0 aliphatic carbocycles. The van der Waals surface area contributed by atoms with Crippen LogP contribution < -0.4 is 0 Å². The molecule has 0 amide bonds. The summed E-state index contributed by atoms with van der Waals surface area (Å²) in [6.45, 7) is 0.437. The van der Waals surface area contributed by atoms with E-state index in [1.54, 1.807) is 12.1 Å². The highest BCUT2D eigenvalue weighted by Crippen LogP contribution is 2.44. The molecule has 2 nitrogen and oxygen atoms in total. The molecule has 1 aliphatic heterocycles. The standard InChI is InChI=1S/C16H12BrCl3O2/c17-9-16(13-6-5-12(19)7-14(13)20)21-8-15(22-16)10-1-3-11(18)4-2-10/h1-7,15H,8-9H2/t15-,16-/m0/s1. The first-order valence-electron chi connectivity index (χ1n) is 6.63. The minimum Gasteiger partial charge on any atom is -0.342 e. The Hall–Kier alpha value is -0.290. The summed E-state index contributed by atoms with van der Waals surface area (Å²) in [6.07, 6.45) is -0.179. The number of ether oxygens (including phenoxy) is 2. The molecule has 1 aliphatic rings. The van der Waals surface area contributed by atoms with Crippen molar-refractivity contribution in [1.82, 2.24) is 0 Å². The Morgan fingerprint density at radius 3 is 2.36 bits per heavy atom. The van der Waals surface area contributed by atoms with Crippen LogP contribution in [0.1, 0.15) is 17.2 Å². The highest BCUT2D eigenvalue weighted by Gasteiger charge is 2.44. The van der Waals surface area contributed by atoms with Crippen LogP contribution in [-0.4, -0.2) is 11.9 Å². The van der Waals surface area contributed by atoms with Gasteiger partial charge in [0.1, 0.15) is 6.10 Å². The lowest BCUT2D eigenvalue weighted by Crippen LogP contribution is -2.29. The van der Waals surface area contributed by atoms with Crippen LogP contribution in [0, 0.1) is 0 Å². The van der Waals surface area contributed by atoms with Gasteiger partial charge >= 0.3 is 0 Å². The van der Waals surface area contributed by atoms with Gasteiger partial charge in [-0.2, -0.15) is 0 Å². The molecule has 0 aromatic heterocycles. The summed E-state index contributed by atoms with van der Waals surface area (Å²) in [4.78, 5) is 0. The van der Waals surface area contributed by atoms with Gasteiger partial charge in [0.25, 0.3) is 0 Å². The number of rotatable bonds is 3. The second-order valence-corrected chi connectivity index (χ2v) is 6.82. The molecular weight excluding hydrogens is 410 g/mol. The molecule has 0 bridgehead atoms. The van der Waals surface area contributed by atoms with Gasteiger partial charge in [0, 0.05) is 15.6 Å². The maximum absolute atomic E-state index is 6.31. The van der Waals surface area contributed by atoms with Crippen molar-refractivity contribution in [2.75, 3.05) is 11.9 Å². The fraction of sp³-hybridized carbons (Fsp3) is 0.250. The fourth-order valence-corrected chi connectivity index (χ4v) is 3.71. The van der Waals surface area contributed by atoms with Crippen molar-refractivity contribution in [3.8, 4) is 0 Å². The van der Waals surface area contributed by atoms with E-state index in [2.05, 4.69) is 15.9 Å². The van der Waals surface area contributed by atoms with Crippen LogP contribution in [0.3, 0.4) is 0 Å². The molecule has 0 radical (unpaired) electrons. The van der Waals surface area contributed by atoms with Gasteiger partial charge in [0.05, 0.1) is 17.0 Å². The minimum atomic E-state index is -0.925. The molecule has 0 unspecified atom stereocenters. The van der Waals surface area contributed by atoms with Gasteiger partial charge in [0.15, 0.2) is 0 Å². The Bertz CT molecular complexity index is 678. The van der Waals surface area contributed by atoms with Crippen molar-refractivity contribution in [3.05, 3.63) is 68.7 Å². The zero-order valence-electron chi connectivity index (χ0n) is 11.4. The predicted molar refractivity (Wildman–Crippen MR) is 93.2 cm³/mol. The summed E-state index contributed by atoms with van der Waals surface area (Å²) in [7, 11) is 0. The van der Waals surface area contributed by atoms with E-state index in [9.17, 15) is 0 Å². The van der Waals surface area contributed by atoms with Crippen LogP contribution in [0.2, 0.25) is 15.1 Å². The van der Waals surface area contributed by atoms with Gasteiger partial charge in [-0.05, 0) is 29.8 Å². The van der Waals surface area contributed by atoms with Crippen molar-refractivity contribution in [3.63, 3.8) is 0 Å². The Kier molecular flexibility index (Phi) is 5.03. The maximum atomic E-state index is 6.31. The van der Waals surface area contributed by atoms with E-state index in [0.717, 1.165) is 11.1 Å². The minimum absolute atomic E-state index is 0.179. The number of halogens is 4. The highest BCUT2D eigenvalue weighted by molar-refractivity contribution is 9.09. The molecule has 2 aromatic rings. The zero-order valence-corrected chi connectivity index (χ0v) is 15.2. The zero-order chi connectivity index (χ0) is 15.7. The molecule has 1 saturated heterocycles. The van der Waals surface area contributed by atoms with Crippen LogP contribution in [0.5, 0.6) is 0 Å². The molecule has 0 spiro atoms. The number of hydrogen-bond donors (Lipinski definition) is 0. The second kappa shape index (κ2) is 6.68. The van der Waals surface area contributed by atoms with Gasteiger partial charge in [0.2, 0.25) is 5.79 Å². The lowest BCUT2D eigenvalue weighted by molar-refractivity contribution is -0.157. The number of benzene rings is 2. The smallest absolute Gasteiger partial charge is 0.207 e. The van der Waals surface area contributed by atoms with Crippen LogP contribution >= 0.6 is 50.7 Å². The summed E-state index contributed by atoms with van der Waals surface area (Å²) in [6, 6.07) is 12.8. The Balaban J connectivity index is 1.91. The monoisotopic (exact) mass is 420 g/mol. The van der Waals surface area contributed by atoms with E-state index in [1.165, 1.54) is 0 Å². The molecule has 0 saturated carbocycles. The maximum Gasteiger partial charge on any atom is 0.207 e. The van der Waals surface area contributed by atoms with Crippen molar-refractivity contribution in [2.45, 2.75) is 11.9 Å². The van der Waals surface area contributed by atoms with Gasteiger partial charge < -0.3 is 9.47 Å². The Morgan fingerprint density at radius 1 is 1.05 bits per heavy atom. The Labute approximate surface area is 152 Å². The van der Waals surface area contributed by atoms with E-state index in [0.29, 0.717) is 27.0 Å². The molecule has 3 rings (SSSR count). The van der Waals surface area contributed by atoms with Gasteiger partial charge in [-0.15, -0.1) is 0 Å². The van der Waals surface area contributed by atoms with Crippen molar-refractivity contribution in [1.29, 1.82) is 0 Å². The van der Waals surface area contributed by atoms with Crippen molar-refractivity contribution >= 4 is 50.7 Å². The summed E-state index contributed by atoms with van der Waals surface area (Å²) in [5.41, 5.74) is 1.77. The summed E-state index contributed by atoms with van der Waals surface area (Å²) < 4.78 is 12.2. The van der Waals surface area contributed by atoms with Crippen LogP contribution in [0.4, 0.5) is 0 Å². The van der Waals surface area contributed by atoms with Crippen molar-refractivity contribution in [2.24, 2.45) is 0 Å². The summed E-state index contributed by atoms with van der Waals surface area (Å²) in [5.74, 6) is -0.925. The van der Waals surface area contributed by atoms with E-state index >= 15 is 0 Å². The number of alkyl halides is 1. The average Bonchev–Trinajstić information content (AvgIpc) is 2.93. The molecule has 2 atom stereocenters. The van der Waals surface area contributed by atoms with Gasteiger partial charge in [-0.3, -0.25) is 0 Å².